The van der Waals surface area contributed by atoms with Gasteiger partial charge in [-0.05, 0) is 24.5 Å². The predicted octanol–water partition coefficient (Wildman–Crippen LogP) is 1.26. The highest BCUT2D eigenvalue weighted by molar-refractivity contribution is 7.99. The van der Waals surface area contributed by atoms with Crippen molar-refractivity contribution in [2.24, 2.45) is 0 Å². The van der Waals surface area contributed by atoms with Crippen molar-refractivity contribution in [3.8, 4) is 0 Å². The van der Waals surface area contributed by atoms with E-state index < -0.39 is 0 Å². The average Bonchev–Trinajstić information content (AvgIpc) is 3.00. The lowest BCUT2D eigenvalue weighted by atomic mass is 10.1. The Bertz CT molecular complexity index is 602. The Hall–Kier alpha value is -1.53. The van der Waals surface area contributed by atoms with E-state index in [1.807, 2.05) is 41.0 Å². The Kier molecular flexibility index (Phi) is 5.79. The quantitative estimate of drug-likeness (QED) is 0.894. The molecule has 6 heteroatoms. The van der Waals surface area contributed by atoms with Crippen LogP contribution in [-0.4, -0.2) is 65.5 Å². The highest BCUT2D eigenvalue weighted by Crippen LogP contribution is 2.15. The fourth-order valence-electron chi connectivity index (χ4n) is 3.24. The molecule has 2 saturated heterocycles. The Morgan fingerprint density at radius 1 is 1.17 bits per heavy atom. The van der Waals surface area contributed by atoms with E-state index in [0.717, 1.165) is 42.3 Å². The van der Waals surface area contributed by atoms with E-state index in [0.29, 0.717) is 19.5 Å². The lowest BCUT2D eigenvalue weighted by Gasteiger charge is -2.24. The largest absolute Gasteiger partial charge is 0.341 e. The lowest BCUT2D eigenvalue weighted by molar-refractivity contribution is -0.134. The van der Waals surface area contributed by atoms with Crippen LogP contribution in [0.15, 0.2) is 24.3 Å². The molecule has 2 aliphatic rings. The summed E-state index contributed by atoms with van der Waals surface area (Å²) in [5.41, 5.74) is 2.24. The lowest BCUT2D eigenvalue weighted by Crippen LogP contribution is -2.46. The number of amides is 2. The normalized spacial score (nSPS) is 21.6. The van der Waals surface area contributed by atoms with Gasteiger partial charge in [-0.1, -0.05) is 24.3 Å². The molecule has 0 bridgehead atoms. The van der Waals surface area contributed by atoms with Crippen LogP contribution in [0.4, 0.5) is 0 Å². The third kappa shape index (κ3) is 4.11. The second-order valence-electron chi connectivity index (χ2n) is 6.43. The van der Waals surface area contributed by atoms with Crippen molar-refractivity contribution in [1.29, 1.82) is 0 Å². The standard InChI is InChI=1S/C18H25N3O2S/c1-14-5-2-3-6-15(14)11-17(22)20-7-4-8-21(10-9-20)18(23)16-12-24-13-19-16/h2-3,5-6,16,19H,4,7-13H2,1H3. The first kappa shape index (κ1) is 17.3. The predicted molar refractivity (Wildman–Crippen MR) is 96.9 cm³/mol. The number of hydrogen-bond donors (Lipinski definition) is 1. The number of nitrogens with one attached hydrogen (secondary N) is 1. The molecule has 2 heterocycles. The van der Waals surface area contributed by atoms with Crippen LogP contribution in [0, 0.1) is 6.92 Å². The van der Waals surface area contributed by atoms with Gasteiger partial charge in [0.15, 0.2) is 0 Å². The van der Waals surface area contributed by atoms with Gasteiger partial charge in [-0.3, -0.25) is 14.9 Å². The third-order valence-electron chi connectivity index (χ3n) is 4.78. The summed E-state index contributed by atoms with van der Waals surface area (Å²) >= 11 is 1.76. The van der Waals surface area contributed by atoms with E-state index in [1.165, 1.54) is 0 Å². The number of carbonyl (C=O) groups excluding carboxylic acids is 2. The molecule has 0 aromatic heterocycles. The molecule has 1 N–H and O–H groups in total. The Morgan fingerprint density at radius 2 is 1.92 bits per heavy atom. The summed E-state index contributed by atoms with van der Waals surface area (Å²) in [4.78, 5) is 29.0. The number of thioether (sulfide) groups is 1. The molecule has 1 atom stereocenters. The first-order valence-electron chi connectivity index (χ1n) is 8.57. The summed E-state index contributed by atoms with van der Waals surface area (Å²) in [7, 11) is 0. The molecule has 2 aliphatic heterocycles. The molecule has 3 rings (SSSR count). The van der Waals surface area contributed by atoms with Gasteiger partial charge in [-0.15, -0.1) is 11.8 Å². The van der Waals surface area contributed by atoms with Crippen LogP contribution in [0.3, 0.4) is 0 Å². The molecule has 2 amide bonds. The number of hydrogen-bond acceptors (Lipinski definition) is 4. The smallest absolute Gasteiger partial charge is 0.240 e. The first-order valence-corrected chi connectivity index (χ1v) is 9.73. The molecule has 1 aromatic rings. The second kappa shape index (κ2) is 8.03. The molecule has 0 saturated carbocycles. The summed E-state index contributed by atoms with van der Waals surface area (Å²) < 4.78 is 0. The maximum Gasteiger partial charge on any atom is 0.240 e. The van der Waals surface area contributed by atoms with Crippen LogP contribution in [-0.2, 0) is 16.0 Å². The minimum atomic E-state index is -0.0516. The maximum absolute atomic E-state index is 12.6. The van der Waals surface area contributed by atoms with E-state index in [2.05, 4.69) is 5.32 Å². The molecule has 0 radical (unpaired) electrons. The van der Waals surface area contributed by atoms with Crippen LogP contribution in [0.25, 0.3) is 0 Å². The SMILES string of the molecule is Cc1ccccc1CC(=O)N1CCCN(C(=O)C2CSCN2)CC1. The molecule has 0 spiro atoms. The van der Waals surface area contributed by atoms with Gasteiger partial charge in [0, 0.05) is 37.8 Å². The van der Waals surface area contributed by atoms with Crippen molar-refractivity contribution < 1.29 is 9.59 Å². The molecule has 130 valence electrons. The molecule has 24 heavy (non-hydrogen) atoms. The molecule has 1 aromatic carbocycles. The number of nitrogens with zero attached hydrogens (tertiary/aromatic N) is 2. The van der Waals surface area contributed by atoms with Crippen molar-refractivity contribution in [3.63, 3.8) is 0 Å². The fraction of sp³-hybridized carbons (Fsp3) is 0.556. The monoisotopic (exact) mass is 347 g/mol. The van der Waals surface area contributed by atoms with Crippen molar-refractivity contribution >= 4 is 23.6 Å². The summed E-state index contributed by atoms with van der Waals surface area (Å²) in [5, 5.41) is 3.24. The Morgan fingerprint density at radius 3 is 2.67 bits per heavy atom. The topological polar surface area (TPSA) is 52.7 Å². The first-order chi connectivity index (χ1) is 11.6. The maximum atomic E-state index is 12.6. The van der Waals surface area contributed by atoms with Crippen molar-refractivity contribution in [2.45, 2.75) is 25.8 Å². The van der Waals surface area contributed by atoms with Crippen LogP contribution >= 0.6 is 11.8 Å². The fourth-order valence-corrected chi connectivity index (χ4v) is 4.18. The van der Waals surface area contributed by atoms with Crippen LogP contribution in [0.1, 0.15) is 17.5 Å². The van der Waals surface area contributed by atoms with Crippen molar-refractivity contribution in [3.05, 3.63) is 35.4 Å². The minimum Gasteiger partial charge on any atom is -0.341 e. The van der Waals surface area contributed by atoms with E-state index >= 15 is 0 Å². The van der Waals surface area contributed by atoms with Crippen LogP contribution in [0.2, 0.25) is 0 Å². The van der Waals surface area contributed by atoms with E-state index in [4.69, 9.17) is 0 Å². The summed E-state index contributed by atoms with van der Waals surface area (Å²) in [6.45, 7) is 4.80. The van der Waals surface area contributed by atoms with E-state index in [-0.39, 0.29) is 17.9 Å². The molecule has 2 fully saturated rings. The summed E-state index contributed by atoms with van der Waals surface area (Å²) in [5.74, 6) is 2.05. The zero-order chi connectivity index (χ0) is 16.9. The van der Waals surface area contributed by atoms with Gasteiger partial charge in [0.2, 0.25) is 11.8 Å². The molecule has 1 unspecified atom stereocenters. The molecule has 0 aliphatic carbocycles. The number of carbonyl (C=O) groups is 2. The summed E-state index contributed by atoms with van der Waals surface area (Å²) in [6, 6.07) is 7.98. The zero-order valence-electron chi connectivity index (χ0n) is 14.2. The Balaban J connectivity index is 1.56. The highest BCUT2D eigenvalue weighted by atomic mass is 32.2. The van der Waals surface area contributed by atoms with Gasteiger partial charge >= 0.3 is 0 Å². The average molecular weight is 347 g/mol. The second-order valence-corrected chi connectivity index (χ2v) is 7.46. The zero-order valence-corrected chi connectivity index (χ0v) is 15.0. The van der Waals surface area contributed by atoms with Gasteiger partial charge in [0.25, 0.3) is 0 Å². The number of aryl methyl sites for hydroxylation is 1. The van der Waals surface area contributed by atoms with E-state index in [9.17, 15) is 9.59 Å². The molecule has 5 nitrogen and oxygen atoms in total. The Labute approximate surface area is 147 Å². The number of benzene rings is 1. The van der Waals surface area contributed by atoms with Gasteiger partial charge < -0.3 is 9.80 Å². The van der Waals surface area contributed by atoms with Gasteiger partial charge in [-0.2, -0.15) is 0 Å². The highest BCUT2D eigenvalue weighted by Gasteiger charge is 2.29. The van der Waals surface area contributed by atoms with Crippen molar-refractivity contribution in [1.82, 2.24) is 15.1 Å². The van der Waals surface area contributed by atoms with Gasteiger partial charge in [0.1, 0.15) is 0 Å². The molecular weight excluding hydrogens is 322 g/mol. The van der Waals surface area contributed by atoms with E-state index in [1.54, 1.807) is 11.8 Å². The minimum absolute atomic E-state index is 0.0516. The summed E-state index contributed by atoms with van der Waals surface area (Å²) in [6.07, 6.45) is 1.30. The van der Waals surface area contributed by atoms with Crippen molar-refractivity contribution in [2.75, 3.05) is 37.8 Å². The third-order valence-corrected chi connectivity index (χ3v) is 5.72. The molecular formula is C18H25N3O2S. The van der Waals surface area contributed by atoms with Gasteiger partial charge in [0.05, 0.1) is 12.5 Å². The van der Waals surface area contributed by atoms with Gasteiger partial charge in [-0.25, -0.2) is 0 Å². The van der Waals surface area contributed by atoms with Crippen LogP contribution in [0.5, 0.6) is 0 Å². The number of rotatable bonds is 3. The van der Waals surface area contributed by atoms with Crippen LogP contribution < -0.4 is 5.32 Å².